The van der Waals surface area contributed by atoms with E-state index in [-0.39, 0.29) is 5.97 Å². The Morgan fingerprint density at radius 1 is 1.47 bits per heavy atom. The maximum Gasteiger partial charge on any atom is 0.337 e. The van der Waals surface area contributed by atoms with Crippen LogP contribution in [0.2, 0.25) is 0 Å². The minimum Gasteiger partial charge on any atom is -0.465 e. The van der Waals surface area contributed by atoms with Crippen molar-refractivity contribution in [3.05, 3.63) is 34.9 Å². The normalized spacial score (nSPS) is 14.9. The maximum atomic E-state index is 11.4. The van der Waals surface area contributed by atoms with Gasteiger partial charge in [-0.25, -0.2) is 4.79 Å². The van der Waals surface area contributed by atoms with Crippen LogP contribution in [0.1, 0.15) is 21.5 Å². The predicted molar refractivity (Wildman–Crippen MR) is 65.8 cm³/mol. The van der Waals surface area contributed by atoms with Crippen molar-refractivity contribution in [1.29, 1.82) is 0 Å². The van der Waals surface area contributed by atoms with Gasteiger partial charge in [-0.05, 0) is 36.2 Å². The van der Waals surface area contributed by atoms with Crippen LogP contribution in [0.3, 0.4) is 0 Å². The molecule has 17 heavy (non-hydrogen) atoms. The highest BCUT2D eigenvalue weighted by Gasteiger charge is 2.17. The molecule has 0 unspecified atom stereocenters. The Kier molecular flexibility index (Phi) is 3.59. The molecule has 0 fully saturated rings. The predicted octanol–water partition coefficient (Wildman–Crippen LogP) is 0.373. The maximum absolute atomic E-state index is 11.4. The van der Waals surface area contributed by atoms with E-state index in [0.717, 1.165) is 25.7 Å². The number of rotatable bonds is 3. The fourth-order valence-corrected chi connectivity index (χ4v) is 2.12. The van der Waals surface area contributed by atoms with Crippen molar-refractivity contribution in [1.82, 2.24) is 4.81 Å². The highest BCUT2D eigenvalue weighted by molar-refractivity contribution is 6.64. The molecule has 0 amide bonds. The summed E-state index contributed by atoms with van der Waals surface area (Å²) in [7, 11) is 1.85. The molecule has 1 aliphatic heterocycles. The van der Waals surface area contributed by atoms with Gasteiger partial charge in [0.25, 0.3) is 7.41 Å². The van der Waals surface area contributed by atoms with Gasteiger partial charge in [-0.1, -0.05) is 6.07 Å². The van der Waals surface area contributed by atoms with E-state index in [0.29, 0.717) is 13.0 Å². The number of benzene rings is 1. The Balaban J connectivity index is 2.19. The molecule has 2 rings (SSSR count). The molecule has 0 aromatic heterocycles. The van der Waals surface area contributed by atoms with E-state index in [1.165, 1.54) is 18.2 Å². The largest absolute Gasteiger partial charge is 0.465 e. The topological polar surface area (TPSA) is 46.6 Å². The molecule has 0 bridgehead atoms. The van der Waals surface area contributed by atoms with Crippen LogP contribution in [0.5, 0.6) is 0 Å². The summed E-state index contributed by atoms with van der Waals surface area (Å²) in [5, 5.41) is 0. The fourth-order valence-electron chi connectivity index (χ4n) is 2.12. The third-order valence-corrected chi connectivity index (χ3v) is 3.05. The summed E-state index contributed by atoms with van der Waals surface area (Å²) in [5.41, 5.74) is 2.95. The van der Waals surface area contributed by atoms with Gasteiger partial charge in [0.05, 0.1) is 18.9 Å². The van der Waals surface area contributed by atoms with Crippen molar-refractivity contribution in [3.8, 4) is 0 Å². The summed E-state index contributed by atoms with van der Waals surface area (Å²) in [6, 6.07) is 5.60. The van der Waals surface area contributed by atoms with Gasteiger partial charge >= 0.3 is 5.97 Å². The van der Waals surface area contributed by atoms with Gasteiger partial charge in [0.1, 0.15) is 0 Å². The zero-order chi connectivity index (χ0) is 12.3. The smallest absolute Gasteiger partial charge is 0.337 e. The molecule has 0 atom stereocenters. The third kappa shape index (κ3) is 2.56. The lowest BCUT2D eigenvalue weighted by molar-refractivity contribution is 0.0600. The van der Waals surface area contributed by atoms with Crippen molar-refractivity contribution in [2.45, 2.75) is 13.0 Å². The van der Waals surface area contributed by atoms with E-state index in [1.807, 2.05) is 12.1 Å². The molecule has 1 aromatic rings. The molecular formula is C12H14BNO3. The Bertz CT molecular complexity index is 447. The van der Waals surface area contributed by atoms with Crippen molar-refractivity contribution in [2.24, 2.45) is 0 Å². The number of hydrogen-bond acceptors (Lipinski definition) is 4. The van der Waals surface area contributed by atoms with Crippen LogP contribution >= 0.6 is 0 Å². The molecular weight excluding hydrogens is 217 g/mol. The average Bonchev–Trinajstić information content (AvgIpc) is 2.37. The second-order valence-electron chi connectivity index (χ2n) is 4.13. The van der Waals surface area contributed by atoms with Crippen molar-refractivity contribution in [3.63, 3.8) is 0 Å². The number of methoxy groups -OCH3 is 1. The monoisotopic (exact) mass is 231 g/mol. The number of hydrogen-bond donors (Lipinski definition) is 0. The highest BCUT2D eigenvalue weighted by atomic mass is 16.5. The Morgan fingerprint density at radius 2 is 2.29 bits per heavy atom. The van der Waals surface area contributed by atoms with Crippen LogP contribution in [0.4, 0.5) is 0 Å². The molecule has 0 saturated carbocycles. The molecule has 1 aliphatic rings. The summed E-state index contributed by atoms with van der Waals surface area (Å²) in [6.45, 7) is 1.63. The summed E-state index contributed by atoms with van der Waals surface area (Å²) in [5.74, 6) is -0.303. The van der Waals surface area contributed by atoms with Gasteiger partial charge in [0, 0.05) is 6.54 Å². The lowest BCUT2D eigenvalue weighted by atomic mass is 9.88. The summed E-state index contributed by atoms with van der Waals surface area (Å²) < 4.78 is 4.69. The van der Waals surface area contributed by atoms with Crippen LogP contribution in [0.25, 0.3) is 0 Å². The quantitative estimate of drug-likeness (QED) is 0.428. The first-order chi connectivity index (χ1) is 8.24. The summed E-state index contributed by atoms with van der Waals surface area (Å²) >= 11 is 0. The number of fused-ring (bicyclic) bond motifs is 1. The second kappa shape index (κ2) is 5.14. The first kappa shape index (κ1) is 11.9. The molecule has 88 valence electrons. The lowest BCUT2D eigenvalue weighted by Gasteiger charge is -2.27. The van der Waals surface area contributed by atoms with Crippen LogP contribution in [-0.2, 0) is 22.5 Å². The average molecular weight is 231 g/mol. The molecule has 0 saturated heterocycles. The highest BCUT2D eigenvalue weighted by Crippen LogP contribution is 2.20. The number of nitrogens with zero attached hydrogens (tertiary/aromatic N) is 1. The van der Waals surface area contributed by atoms with Gasteiger partial charge in [-0.3, -0.25) is 0 Å². The van der Waals surface area contributed by atoms with Crippen molar-refractivity contribution < 1.29 is 14.3 Å². The molecule has 1 aromatic carbocycles. The van der Waals surface area contributed by atoms with Crippen LogP contribution in [0, 0.1) is 0 Å². The molecule has 4 nitrogen and oxygen atoms in total. The van der Waals surface area contributed by atoms with E-state index < -0.39 is 0 Å². The zero-order valence-corrected chi connectivity index (χ0v) is 9.81. The third-order valence-electron chi connectivity index (χ3n) is 3.05. The Hall–Kier alpha value is -1.62. The van der Waals surface area contributed by atoms with Gasteiger partial charge < -0.3 is 14.3 Å². The molecule has 0 spiro atoms. The lowest BCUT2D eigenvalue weighted by Crippen LogP contribution is -2.34. The van der Waals surface area contributed by atoms with E-state index in [9.17, 15) is 9.59 Å². The van der Waals surface area contributed by atoms with E-state index in [4.69, 9.17) is 4.74 Å². The summed E-state index contributed by atoms with van der Waals surface area (Å²) in [4.78, 5) is 23.9. The number of ether oxygens (including phenoxy) is 1. The van der Waals surface area contributed by atoms with Crippen molar-refractivity contribution in [2.75, 3.05) is 13.7 Å². The van der Waals surface area contributed by atoms with Gasteiger partial charge in [-0.15, -0.1) is 0 Å². The van der Waals surface area contributed by atoms with Gasteiger partial charge in [0.15, 0.2) is 0 Å². The standard InChI is InChI=1S/C12H14BNO3/c1-17-12(16)10-2-3-11-7-14(13-8-15)5-4-9(11)6-10/h2-3,6,8,13H,4-5,7H2,1H3. The molecule has 1 heterocycles. The van der Waals surface area contributed by atoms with E-state index >= 15 is 0 Å². The first-order valence-corrected chi connectivity index (χ1v) is 5.60. The van der Waals surface area contributed by atoms with Crippen LogP contribution in [0.15, 0.2) is 18.2 Å². The zero-order valence-electron chi connectivity index (χ0n) is 9.81. The minimum absolute atomic E-state index is 0.303. The van der Waals surface area contributed by atoms with E-state index in [1.54, 1.807) is 6.07 Å². The SMILES string of the molecule is COC(=O)c1ccc2c(c1)CCN(BC=O)C2. The summed E-state index contributed by atoms with van der Waals surface area (Å²) in [6.07, 6.45) is 1.79. The Morgan fingerprint density at radius 3 is 3.00 bits per heavy atom. The van der Waals surface area contributed by atoms with Crippen molar-refractivity contribution >= 4 is 19.6 Å². The molecule has 0 N–H and O–H groups in total. The molecule has 5 heteroatoms. The van der Waals surface area contributed by atoms with Crippen LogP contribution in [-0.4, -0.2) is 38.0 Å². The number of carbonyl (C=O) groups excluding carboxylic acids is 2. The second-order valence-corrected chi connectivity index (χ2v) is 4.13. The van der Waals surface area contributed by atoms with Gasteiger partial charge in [-0.2, -0.15) is 0 Å². The Labute approximate surface area is 101 Å². The van der Waals surface area contributed by atoms with E-state index in [2.05, 4.69) is 4.81 Å². The minimum atomic E-state index is -0.303. The molecule has 0 aliphatic carbocycles. The van der Waals surface area contributed by atoms with Gasteiger partial charge in [0.2, 0.25) is 0 Å². The number of carbonyl (C=O) groups is 2. The number of esters is 1. The first-order valence-electron chi connectivity index (χ1n) is 5.60. The molecule has 0 radical (unpaired) electrons. The fraction of sp³-hybridized carbons (Fsp3) is 0.333. The van der Waals surface area contributed by atoms with Crippen LogP contribution < -0.4 is 0 Å².